The fraction of sp³-hybridized carbons (Fsp3) is 0.364. The van der Waals surface area contributed by atoms with Gasteiger partial charge in [0.05, 0.1) is 17.5 Å². The van der Waals surface area contributed by atoms with Crippen LogP contribution in [0.3, 0.4) is 0 Å². The molecule has 1 amide bonds. The molecular weight excluding hydrogens is 383 g/mol. The molecule has 4 rings (SSSR count). The number of carbonyl (C=O) groups excluding carboxylic acids is 2. The van der Waals surface area contributed by atoms with Gasteiger partial charge in [0.25, 0.3) is 5.91 Å². The SMILES string of the molecule is Cc1cc(C)c2c(c1)OC1(CCN(C(=O)c3ccc(F)c(F)c3F)CC1)CC2=O. The number of carbonyl (C=O) groups is 2. The first kappa shape index (κ1) is 19.5. The van der Waals surface area contributed by atoms with Gasteiger partial charge in [-0.25, -0.2) is 13.2 Å². The van der Waals surface area contributed by atoms with Crippen LogP contribution in [-0.2, 0) is 0 Å². The molecule has 1 fully saturated rings. The van der Waals surface area contributed by atoms with E-state index in [0.717, 1.165) is 23.3 Å². The number of aryl methyl sites for hydroxylation is 2. The van der Waals surface area contributed by atoms with Crippen molar-refractivity contribution in [2.45, 2.75) is 38.7 Å². The Morgan fingerprint density at radius 3 is 2.45 bits per heavy atom. The molecule has 29 heavy (non-hydrogen) atoms. The summed E-state index contributed by atoms with van der Waals surface area (Å²) in [7, 11) is 0. The molecule has 1 saturated heterocycles. The van der Waals surface area contributed by atoms with Crippen molar-refractivity contribution in [1.29, 1.82) is 0 Å². The van der Waals surface area contributed by atoms with Crippen LogP contribution in [0.2, 0.25) is 0 Å². The lowest BCUT2D eigenvalue weighted by molar-refractivity contribution is -0.00592. The normalized spacial score (nSPS) is 17.8. The van der Waals surface area contributed by atoms with Crippen molar-refractivity contribution in [3.8, 4) is 5.75 Å². The third kappa shape index (κ3) is 3.28. The maximum absolute atomic E-state index is 14.0. The number of amides is 1. The summed E-state index contributed by atoms with van der Waals surface area (Å²) in [6.45, 7) is 4.26. The van der Waals surface area contributed by atoms with Gasteiger partial charge in [-0.15, -0.1) is 0 Å². The van der Waals surface area contributed by atoms with Crippen LogP contribution in [0.5, 0.6) is 5.75 Å². The smallest absolute Gasteiger partial charge is 0.256 e. The zero-order chi connectivity index (χ0) is 20.9. The van der Waals surface area contributed by atoms with Gasteiger partial charge in [0.1, 0.15) is 11.4 Å². The first-order chi connectivity index (χ1) is 13.7. The fourth-order valence-corrected chi connectivity index (χ4v) is 4.27. The van der Waals surface area contributed by atoms with Crippen molar-refractivity contribution in [1.82, 2.24) is 4.90 Å². The predicted molar refractivity (Wildman–Crippen MR) is 99.7 cm³/mol. The Morgan fingerprint density at radius 1 is 1.07 bits per heavy atom. The van der Waals surface area contributed by atoms with Crippen LogP contribution in [0.25, 0.3) is 0 Å². The molecule has 0 saturated carbocycles. The standard InChI is InChI=1S/C22H20F3NO3/c1-12-9-13(2)18-16(27)11-22(29-17(18)10-12)5-7-26(8-6-22)21(28)14-3-4-15(23)20(25)19(14)24/h3-4,9-10H,5-8,11H2,1-2H3. The number of hydrogen-bond acceptors (Lipinski definition) is 3. The minimum absolute atomic E-state index is 0.00942. The van der Waals surface area contributed by atoms with Gasteiger partial charge in [0.15, 0.2) is 23.2 Å². The highest BCUT2D eigenvalue weighted by Crippen LogP contribution is 2.41. The average molecular weight is 403 g/mol. The highest BCUT2D eigenvalue weighted by molar-refractivity contribution is 6.02. The summed E-state index contributed by atoms with van der Waals surface area (Å²) in [5.74, 6) is -4.62. The monoisotopic (exact) mass is 403 g/mol. The van der Waals surface area contributed by atoms with Crippen molar-refractivity contribution in [3.05, 3.63) is 64.0 Å². The molecule has 152 valence electrons. The second-order valence-corrected chi connectivity index (χ2v) is 7.86. The summed E-state index contributed by atoms with van der Waals surface area (Å²) in [5, 5.41) is 0. The molecule has 0 aliphatic carbocycles. The molecule has 2 aliphatic rings. The minimum Gasteiger partial charge on any atom is -0.486 e. The third-order valence-corrected chi connectivity index (χ3v) is 5.76. The second kappa shape index (κ2) is 6.90. The number of nitrogens with zero attached hydrogens (tertiary/aromatic N) is 1. The molecule has 4 nitrogen and oxygen atoms in total. The molecule has 2 aromatic carbocycles. The fourth-order valence-electron chi connectivity index (χ4n) is 4.27. The van der Waals surface area contributed by atoms with E-state index in [1.54, 1.807) is 0 Å². The summed E-state index contributed by atoms with van der Waals surface area (Å²) >= 11 is 0. The third-order valence-electron chi connectivity index (χ3n) is 5.76. The zero-order valence-corrected chi connectivity index (χ0v) is 16.2. The van der Waals surface area contributed by atoms with E-state index in [0.29, 0.717) is 24.2 Å². The summed E-state index contributed by atoms with van der Waals surface area (Å²) < 4.78 is 46.8. The van der Waals surface area contributed by atoms with E-state index in [1.807, 2.05) is 26.0 Å². The van der Waals surface area contributed by atoms with Crippen molar-refractivity contribution < 1.29 is 27.5 Å². The van der Waals surface area contributed by atoms with Crippen LogP contribution in [0.15, 0.2) is 24.3 Å². The molecule has 0 N–H and O–H groups in total. The van der Waals surface area contributed by atoms with Gasteiger partial charge in [-0.05, 0) is 43.2 Å². The van der Waals surface area contributed by atoms with E-state index in [1.165, 1.54) is 4.90 Å². The quantitative estimate of drug-likeness (QED) is 0.665. The molecule has 0 atom stereocenters. The van der Waals surface area contributed by atoms with E-state index in [4.69, 9.17) is 4.74 Å². The molecule has 2 heterocycles. The first-order valence-electron chi connectivity index (χ1n) is 9.47. The van der Waals surface area contributed by atoms with E-state index in [9.17, 15) is 22.8 Å². The van der Waals surface area contributed by atoms with E-state index < -0.39 is 34.5 Å². The Hall–Kier alpha value is -2.83. The van der Waals surface area contributed by atoms with Gasteiger partial charge in [-0.3, -0.25) is 9.59 Å². The summed E-state index contributed by atoms with van der Waals surface area (Å²) in [5.41, 5.74) is 1.25. The molecular formula is C22H20F3NO3. The number of ketones is 1. The van der Waals surface area contributed by atoms with Crippen molar-refractivity contribution >= 4 is 11.7 Å². The zero-order valence-electron chi connectivity index (χ0n) is 16.2. The molecule has 2 aliphatic heterocycles. The number of rotatable bonds is 1. The van der Waals surface area contributed by atoms with Crippen LogP contribution in [0, 0.1) is 31.3 Å². The minimum atomic E-state index is -1.66. The molecule has 7 heteroatoms. The number of piperidine rings is 1. The van der Waals surface area contributed by atoms with Gasteiger partial charge in [-0.1, -0.05) is 6.07 Å². The maximum Gasteiger partial charge on any atom is 0.256 e. The highest BCUT2D eigenvalue weighted by atomic mass is 19.2. The second-order valence-electron chi connectivity index (χ2n) is 7.86. The first-order valence-corrected chi connectivity index (χ1v) is 9.47. The van der Waals surface area contributed by atoms with Gasteiger partial charge in [0.2, 0.25) is 0 Å². The van der Waals surface area contributed by atoms with E-state index >= 15 is 0 Å². The number of halogens is 3. The van der Waals surface area contributed by atoms with Gasteiger partial charge in [-0.2, -0.15) is 0 Å². The van der Waals surface area contributed by atoms with Crippen LogP contribution < -0.4 is 4.74 Å². The summed E-state index contributed by atoms with van der Waals surface area (Å²) in [6.07, 6.45) is 0.996. The average Bonchev–Trinajstić information content (AvgIpc) is 2.65. The molecule has 1 spiro atoms. The molecule has 0 bridgehead atoms. The van der Waals surface area contributed by atoms with Gasteiger partial charge < -0.3 is 9.64 Å². The predicted octanol–water partition coefficient (Wildman–Crippen LogP) is 4.36. The van der Waals surface area contributed by atoms with Crippen LogP contribution >= 0.6 is 0 Å². The molecule has 0 radical (unpaired) electrons. The Bertz CT molecular complexity index is 1030. The molecule has 0 aromatic heterocycles. The number of fused-ring (bicyclic) bond motifs is 1. The van der Waals surface area contributed by atoms with Gasteiger partial charge in [0, 0.05) is 25.9 Å². The summed E-state index contributed by atoms with van der Waals surface area (Å²) in [6, 6.07) is 5.47. The summed E-state index contributed by atoms with van der Waals surface area (Å²) in [4.78, 5) is 26.7. The van der Waals surface area contributed by atoms with Crippen molar-refractivity contribution in [2.75, 3.05) is 13.1 Å². The number of hydrogen-bond donors (Lipinski definition) is 0. The number of benzene rings is 2. The van der Waals surface area contributed by atoms with Crippen molar-refractivity contribution in [2.24, 2.45) is 0 Å². The maximum atomic E-state index is 14.0. The Morgan fingerprint density at radius 2 is 1.76 bits per heavy atom. The van der Waals surface area contributed by atoms with Crippen LogP contribution in [-0.4, -0.2) is 35.3 Å². The van der Waals surface area contributed by atoms with E-state index in [-0.39, 0.29) is 25.3 Å². The largest absolute Gasteiger partial charge is 0.486 e. The number of likely N-dealkylation sites (tertiary alicyclic amines) is 1. The van der Waals surface area contributed by atoms with Gasteiger partial charge >= 0.3 is 0 Å². The molecule has 2 aromatic rings. The lowest BCUT2D eigenvalue weighted by atomic mass is 9.81. The Balaban J connectivity index is 1.53. The molecule has 0 unspecified atom stereocenters. The van der Waals surface area contributed by atoms with Crippen LogP contribution in [0.1, 0.15) is 51.1 Å². The van der Waals surface area contributed by atoms with E-state index in [2.05, 4.69) is 0 Å². The van der Waals surface area contributed by atoms with Crippen molar-refractivity contribution in [3.63, 3.8) is 0 Å². The lowest BCUT2D eigenvalue weighted by Crippen LogP contribution is -2.52. The lowest BCUT2D eigenvalue weighted by Gasteiger charge is -2.44. The number of ether oxygens (including phenoxy) is 1. The van der Waals surface area contributed by atoms with Crippen LogP contribution in [0.4, 0.5) is 13.2 Å². The highest BCUT2D eigenvalue weighted by Gasteiger charge is 2.44. The Labute approximate surface area is 166 Å². The number of Topliss-reactive ketones (excluding diaryl/α,β-unsaturated/α-hetero) is 1. The Kier molecular flexibility index (Phi) is 4.63. The topological polar surface area (TPSA) is 46.6 Å².